The smallest absolute Gasteiger partial charge is 0.326 e. The van der Waals surface area contributed by atoms with E-state index in [0.29, 0.717) is 27.5 Å². The number of benzene rings is 2. The Morgan fingerprint density at radius 1 is 1.16 bits per heavy atom. The molecule has 0 radical (unpaired) electrons. The average molecular weight is 541 g/mol. The van der Waals surface area contributed by atoms with E-state index in [1.54, 1.807) is 43.0 Å². The molecular weight excluding hydrogens is 508 g/mol. The molecule has 8 nitrogen and oxygen atoms in total. The van der Waals surface area contributed by atoms with Gasteiger partial charge in [0.1, 0.15) is 22.7 Å². The maximum atomic E-state index is 12.3. The lowest BCUT2D eigenvalue weighted by atomic mass is 10.1. The Balaban J connectivity index is 0.00000235. The predicted octanol–water partition coefficient (Wildman–Crippen LogP) is 5.56. The van der Waals surface area contributed by atoms with Crippen molar-refractivity contribution in [3.05, 3.63) is 70.1 Å². The lowest BCUT2D eigenvalue weighted by Gasteiger charge is -2.13. The molecule has 2 aromatic carbocycles. The Hall–Kier alpha value is -3.52. The van der Waals surface area contributed by atoms with Gasteiger partial charge in [-0.1, -0.05) is 39.0 Å². The maximum Gasteiger partial charge on any atom is 0.326 e. The van der Waals surface area contributed by atoms with Crippen molar-refractivity contribution in [3.8, 4) is 6.07 Å². The van der Waals surface area contributed by atoms with E-state index in [9.17, 15) is 20.0 Å². The van der Waals surface area contributed by atoms with Crippen LogP contribution in [0.25, 0.3) is 0 Å². The number of anilines is 3. The summed E-state index contributed by atoms with van der Waals surface area (Å²) in [6, 6.07) is 15.4. The summed E-state index contributed by atoms with van der Waals surface area (Å²) in [5, 5.41) is 35.8. The molecule has 196 valence electrons. The molecule has 0 fully saturated rings. The number of aliphatic hydroxyl groups excluding tert-OH is 1. The third-order valence-corrected chi connectivity index (χ3v) is 7.47. The van der Waals surface area contributed by atoms with Gasteiger partial charge in [-0.25, -0.2) is 4.79 Å². The molecule has 3 rings (SSSR count). The number of aliphatic hydroxyl groups is 1. The molecule has 0 aliphatic carbocycles. The van der Waals surface area contributed by atoms with E-state index in [-0.39, 0.29) is 17.7 Å². The molecule has 10 heteroatoms. The number of carboxylic acids is 1. The average Bonchev–Trinajstić information content (AvgIpc) is 3.23. The van der Waals surface area contributed by atoms with Crippen molar-refractivity contribution in [1.29, 1.82) is 5.26 Å². The van der Waals surface area contributed by atoms with Gasteiger partial charge < -0.3 is 26.6 Å². The molecule has 1 heterocycles. The Kier molecular flexibility index (Phi) is 11.5. The molecule has 0 saturated heterocycles. The van der Waals surface area contributed by atoms with Crippen molar-refractivity contribution in [2.75, 3.05) is 17.3 Å². The number of nitrogens with one attached hydrogen (secondary N) is 2. The molecule has 6 N–H and O–H groups in total. The van der Waals surface area contributed by atoms with Crippen LogP contribution >= 0.6 is 23.1 Å². The molecule has 2 atom stereocenters. The van der Waals surface area contributed by atoms with Crippen molar-refractivity contribution in [3.63, 3.8) is 0 Å². The topological polar surface area (TPSA) is 148 Å². The fourth-order valence-corrected chi connectivity index (χ4v) is 5.20. The highest BCUT2D eigenvalue weighted by molar-refractivity contribution is 7.98. The van der Waals surface area contributed by atoms with Crippen LogP contribution in [-0.4, -0.2) is 34.4 Å². The van der Waals surface area contributed by atoms with E-state index < -0.39 is 24.0 Å². The summed E-state index contributed by atoms with van der Waals surface area (Å²) in [5.41, 5.74) is 8.63. The number of nitrogens with two attached hydrogens (primary N) is 1. The van der Waals surface area contributed by atoms with Crippen LogP contribution in [0.2, 0.25) is 0 Å². The number of nitrogen functional groups attached to an aromatic ring is 1. The summed E-state index contributed by atoms with van der Waals surface area (Å²) >= 11 is 2.81. The second kappa shape index (κ2) is 14.3. The van der Waals surface area contributed by atoms with E-state index >= 15 is 0 Å². The summed E-state index contributed by atoms with van der Waals surface area (Å²) in [7, 11) is 0. The molecule has 0 aliphatic rings. The molecule has 0 saturated carbocycles. The van der Waals surface area contributed by atoms with Crippen LogP contribution in [-0.2, 0) is 11.2 Å². The van der Waals surface area contributed by atoms with Gasteiger partial charge in [-0.2, -0.15) is 5.26 Å². The first kappa shape index (κ1) is 29.7. The van der Waals surface area contributed by atoms with Crippen LogP contribution in [0.1, 0.15) is 59.7 Å². The van der Waals surface area contributed by atoms with Gasteiger partial charge in [0.2, 0.25) is 0 Å². The minimum atomic E-state index is -1.09. The number of carboxylic acid groups (broad SMARTS) is 1. The first-order chi connectivity index (χ1) is 17.8. The van der Waals surface area contributed by atoms with Crippen molar-refractivity contribution in [1.82, 2.24) is 5.32 Å². The highest BCUT2D eigenvalue weighted by atomic mass is 32.2. The number of hydrogen-bond donors (Lipinski definition) is 5. The summed E-state index contributed by atoms with van der Waals surface area (Å²) < 4.78 is 0. The highest BCUT2D eigenvalue weighted by Crippen LogP contribution is 2.41. The van der Waals surface area contributed by atoms with E-state index in [4.69, 9.17) is 10.8 Å². The van der Waals surface area contributed by atoms with Crippen LogP contribution in [0.15, 0.2) is 53.4 Å². The van der Waals surface area contributed by atoms with Gasteiger partial charge in [0, 0.05) is 22.6 Å². The van der Waals surface area contributed by atoms with Crippen LogP contribution in [0.3, 0.4) is 0 Å². The Labute approximate surface area is 225 Å². The largest absolute Gasteiger partial charge is 0.480 e. The Bertz CT molecular complexity index is 1250. The molecular formula is C27H32N4O4S2. The number of thiophene rings is 1. The Morgan fingerprint density at radius 2 is 1.81 bits per heavy atom. The number of amides is 1. The fourth-order valence-electron chi connectivity index (χ4n) is 3.50. The van der Waals surface area contributed by atoms with Crippen LogP contribution < -0.4 is 16.4 Å². The van der Waals surface area contributed by atoms with Gasteiger partial charge in [0.15, 0.2) is 0 Å². The minimum Gasteiger partial charge on any atom is -0.480 e. The number of rotatable bonds is 10. The second-order valence-corrected chi connectivity index (χ2v) is 9.60. The van der Waals surface area contributed by atoms with Gasteiger partial charge in [-0.05, 0) is 48.6 Å². The first-order valence-electron chi connectivity index (χ1n) is 11.8. The van der Waals surface area contributed by atoms with Crippen molar-refractivity contribution >= 4 is 51.4 Å². The lowest BCUT2D eigenvalue weighted by molar-refractivity contribution is -0.139. The third kappa shape index (κ3) is 7.49. The SMILES string of the molecule is CC.CCC(NC(=O)c1ccc(Nc2sc(C(O)Cc3ccccc3SC)c(N)c2C#N)cc1)C(=O)O. The number of carbonyl (C=O) groups excluding carboxylic acids is 1. The molecule has 1 aromatic heterocycles. The zero-order valence-electron chi connectivity index (χ0n) is 21.2. The number of nitrogens with zero attached hydrogens (tertiary/aromatic N) is 1. The minimum absolute atomic E-state index is 0.240. The quantitative estimate of drug-likeness (QED) is 0.210. The molecule has 0 spiro atoms. The van der Waals surface area contributed by atoms with Crippen molar-refractivity contribution in [2.45, 2.75) is 50.7 Å². The molecule has 3 aromatic rings. The van der Waals surface area contributed by atoms with Crippen LogP contribution in [0, 0.1) is 11.3 Å². The van der Waals surface area contributed by atoms with Gasteiger partial charge in [-0.15, -0.1) is 23.1 Å². The van der Waals surface area contributed by atoms with Crippen molar-refractivity contribution in [2.24, 2.45) is 0 Å². The van der Waals surface area contributed by atoms with E-state index in [0.717, 1.165) is 10.5 Å². The molecule has 1 amide bonds. The second-order valence-electron chi connectivity index (χ2n) is 7.70. The normalized spacial score (nSPS) is 11.9. The van der Waals surface area contributed by atoms with Gasteiger partial charge >= 0.3 is 5.97 Å². The van der Waals surface area contributed by atoms with Crippen LogP contribution in [0.4, 0.5) is 16.4 Å². The molecule has 37 heavy (non-hydrogen) atoms. The molecule has 2 unspecified atom stereocenters. The van der Waals surface area contributed by atoms with E-state index in [1.807, 2.05) is 44.4 Å². The van der Waals surface area contributed by atoms with E-state index in [1.165, 1.54) is 11.3 Å². The number of hydrogen-bond acceptors (Lipinski definition) is 8. The zero-order valence-corrected chi connectivity index (χ0v) is 22.9. The molecule has 0 aliphatic heterocycles. The van der Waals surface area contributed by atoms with Gasteiger partial charge in [0.25, 0.3) is 5.91 Å². The summed E-state index contributed by atoms with van der Waals surface area (Å²) in [4.78, 5) is 25.1. The van der Waals surface area contributed by atoms with Gasteiger partial charge in [0.05, 0.1) is 16.7 Å². The summed E-state index contributed by atoms with van der Waals surface area (Å²) in [6.07, 6.45) is 1.74. The zero-order chi connectivity index (χ0) is 27.5. The van der Waals surface area contributed by atoms with Gasteiger partial charge in [-0.3, -0.25) is 4.79 Å². The predicted molar refractivity (Wildman–Crippen MR) is 151 cm³/mol. The third-order valence-electron chi connectivity index (χ3n) is 5.41. The monoisotopic (exact) mass is 540 g/mol. The highest BCUT2D eigenvalue weighted by Gasteiger charge is 2.23. The summed E-state index contributed by atoms with van der Waals surface area (Å²) in [6.45, 7) is 5.68. The molecule has 0 bridgehead atoms. The maximum absolute atomic E-state index is 12.3. The van der Waals surface area contributed by atoms with Crippen molar-refractivity contribution < 1.29 is 19.8 Å². The summed E-state index contributed by atoms with van der Waals surface area (Å²) in [5.74, 6) is -1.58. The first-order valence-corrected chi connectivity index (χ1v) is 13.9. The Morgan fingerprint density at radius 3 is 2.38 bits per heavy atom. The lowest BCUT2D eigenvalue weighted by Crippen LogP contribution is -2.40. The number of nitriles is 1. The standard InChI is InChI=1S/C25H26N4O4S2.C2H6/c1-3-18(25(32)33)29-23(31)14-8-10-16(11-9-14)28-24-17(13-26)21(27)22(35-24)19(30)12-15-6-4-5-7-20(15)34-2;1-2/h4-11,18-19,28,30H,3,12,27H2,1-2H3,(H,29,31)(H,32,33);1-2H3. The van der Waals surface area contributed by atoms with E-state index in [2.05, 4.69) is 16.7 Å². The number of carbonyl (C=O) groups is 2. The fraction of sp³-hybridized carbons (Fsp3) is 0.296. The van der Waals surface area contributed by atoms with Crippen LogP contribution in [0.5, 0.6) is 0 Å². The number of thioether (sulfide) groups is 1. The number of aliphatic carboxylic acids is 1.